The molecule has 0 atom stereocenters. The van der Waals surface area contributed by atoms with Crippen molar-refractivity contribution in [2.75, 3.05) is 0 Å². The Hall–Kier alpha value is -1.23. The average molecular weight is 314 g/mol. The van der Waals surface area contributed by atoms with Crippen molar-refractivity contribution < 1.29 is 9.72 Å². The number of hydrogen-bond donors (Lipinski definition) is 0. The molecule has 0 N–H and O–H groups in total. The molecule has 0 saturated heterocycles. The first-order valence-electron chi connectivity index (χ1n) is 5.72. The van der Waals surface area contributed by atoms with Gasteiger partial charge in [0, 0.05) is 42.5 Å². The number of carbonyl (C=O) groups is 1. The lowest BCUT2D eigenvalue weighted by Crippen LogP contribution is -2.31. The molecular formula is C13H16BrNO3. The van der Waals surface area contributed by atoms with Crippen molar-refractivity contribution >= 4 is 21.7 Å². The monoisotopic (exact) mass is 313 g/mol. The van der Waals surface area contributed by atoms with Gasteiger partial charge in [0.1, 0.15) is 5.78 Å². The topological polar surface area (TPSA) is 60.2 Å². The standard InChI is InChI=1S/C13H16BrNO3/c1-13(2,15(17)18)7-6-12(16)9-10-4-3-5-11(14)8-10/h3-5,8H,6-7,9H2,1-2H3. The summed E-state index contributed by atoms with van der Waals surface area (Å²) in [5, 5.41) is 10.7. The van der Waals surface area contributed by atoms with Gasteiger partial charge in [-0.3, -0.25) is 14.9 Å². The number of nitro groups is 1. The molecule has 0 heterocycles. The number of benzene rings is 1. The summed E-state index contributed by atoms with van der Waals surface area (Å²) in [4.78, 5) is 22.1. The molecule has 0 amide bonds. The summed E-state index contributed by atoms with van der Waals surface area (Å²) in [6.07, 6.45) is 0.834. The zero-order valence-electron chi connectivity index (χ0n) is 10.5. The Kier molecular flexibility index (Phi) is 5.02. The number of rotatable bonds is 6. The molecule has 18 heavy (non-hydrogen) atoms. The van der Waals surface area contributed by atoms with Gasteiger partial charge in [0.05, 0.1) is 0 Å². The van der Waals surface area contributed by atoms with Gasteiger partial charge in [0.25, 0.3) is 0 Å². The minimum absolute atomic E-state index is 0.0306. The third kappa shape index (κ3) is 4.56. The first kappa shape index (κ1) is 14.8. The summed E-state index contributed by atoms with van der Waals surface area (Å²) >= 11 is 3.34. The lowest BCUT2D eigenvalue weighted by atomic mass is 9.96. The lowest BCUT2D eigenvalue weighted by molar-refractivity contribution is -0.561. The molecule has 0 aromatic heterocycles. The molecule has 0 spiro atoms. The van der Waals surface area contributed by atoms with Crippen LogP contribution in [0, 0.1) is 10.1 Å². The molecule has 0 aliphatic rings. The summed E-state index contributed by atoms with van der Waals surface area (Å²) in [6.45, 7) is 3.08. The van der Waals surface area contributed by atoms with Crippen LogP contribution in [0.2, 0.25) is 0 Å². The van der Waals surface area contributed by atoms with Crippen LogP contribution in [0.25, 0.3) is 0 Å². The summed E-state index contributed by atoms with van der Waals surface area (Å²) in [5.74, 6) is 0.0306. The molecule has 98 valence electrons. The average Bonchev–Trinajstić information content (AvgIpc) is 2.26. The third-order valence-electron chi connectivity index (χ3n) is 2.80. The van der Waals surface area contributed by atoms with Crippen LogP contribution in [0.5, 0.6) is 0 Å². The van der Waals surface area contributed by atoms with Gasteiger partial charge >= 0.3 is 0 Å². The fourth-order valence-corrected chi connectivity index (χ4v) is 1.95. The number of ketones is 1. The van der Waals surface area contributed by atoms with E-state index in [2.05, 4.69) is 15.9 Å². The Morgan fingerprint density at radius 2 is 2.11 bits per heavy atom. The van der Waals surface area contributed by atoms with Crippen LogP contribution >= 0.6 is 15.9 Å². The summed E-state index contributed by atoms with van der Waals surface area (Å²) in [6, 6.07) is 7.52. The molecule has 0 saturated carbocycles. The Morgan fingerprint density at radius 1 is 1.44 bits per heavy atom. The quantitative estimate of drug-likeness (QED) is 0.597. The van der Waals surface area contributed by atoms with E-state index in [0.717, 1.165) is 10.0 Å². The SMILES string of the molecule is CC(C)(CCC(=O)Cc1cccc(Br)c1)[N+](=O)[O-]. The Labute approximate surface area is 115 Å². The van der Waals surface area contributed by atoms with Gasteiger partial charge in [-0.1, -0.05) is 28.1 Å². The number of Topliss-reactive ketones (excluding diaryl/α,β-unsaturated/α-hetero) is 1. The Bertz CT molecular complexity index is 457. The minimum Gasteiger partial charge on any atom is -0.299 e. The van der Waals surface area contributed by atoms with E-state index in [1.54, 1.807) is 13.8 Å². The molecule has 4 nitrogen and oxygen atoms in total. The highest BCUT2D eigenvalue weighted by Crippen LogP contribution is 2.17. The van der Waals surface area contributed by atoms with Gasteiger partial charge in [-0.25, -0.2) is 0 Å². The van der Waals surface area contributed by atoms with Crippen LogP contribution in [0.1, 0.15) is 32.3 Å². The van der Waals surface area contributed by atoms with E-state index in [4.69, 9.17) is 0 Å². The number of halogens is 1. The lowest BCUT2D eigenvalue weighted by Gasteiger charge is -2.14. The Morgan fingerprint density at radius 3 is 2.67 bits per heavy atom. The van der Waals surface area contributed by atoms with Crippen molar-refractivity contribution in [1.82, 2.24) is 0 Å². The number of hydrogen-bond acceptors (Lipinski definition) is 3. The van der Waals surface area contributed by atoms with Gasteiger partial charge in [-0.15, -0.1) is 0 Å². The molecule has 0 radical (unpaired) electrons. The van der Waals surface area contributed by atoms with Crippen molar-refractivity contribution in [2.24, 2.45) is 0 Å². The van der Waals surface area contributed by atoms with Gasteiger partial charge in [0.15, 0.2) is 0 Å². The zero-order chi connectivity index (χ0) is 13.8. The van der Waals surface area contributed by atoms with Gasteiger partial charge in [-0.05, 0) is 17.7 Å². The van der Waals surface area contributed by atoms with Gasteiger partial charge in [-0.2, -0.15) is 0 Å². The first-order valence-corrected chi connectivity index (χ1v) is 6.51. The first-order chi connectivity index (χ1) is 8.31. The van der Waals surface area contributed by atoms with E-state index < -0.39 is 5.54 Å². The van der Waals surface area contributed by atoms with Gasteiger partial charge < -0.3 is 0 Å². The van der Waals surface area contributed by atoms with Crippen LogP contribution in [0.4, 0.5) is 0 Å². The second-order valence-corrected chi connectivity index (χ2v) is 5.83. The second kappa shape index (κ2) is 6.09. The largest absolute Gasteiger partial charge is 0.299 e. The van der Waals surface area contributed by atoms with Crippen molar-refractivity contribution in [1.29, 1.82) is 0 Å². The summed E-state index contributed by atoms with van der Waals surface area (Å²) < 4.78 is 0.929. The van der Waals surface area contributed by atoms with E-state index in [9.17, 15) is 14.9 Å². The van der Waals surface area contributed by atoms with E-state index in [-0.39, 0.29) is 23.5 Å². The van der Waals surface area contributed by atoms with E-state index >= 15 is 0 Å². The third-order valence-corrected chi connectivity index (χ3v) is 3.29. The Balaban J connectivity index is 2.50. The molecule has 0 bridgehead atoms. The molecule has 1 aromatic rings. The van der Waals surface area contributed by atoms with Crippen molar-refractivity contribution in [3.05, 3.63) is 44.4 Å². The van der Waals surface area contributed by atoms with E-state index in [1.807, 2.05) is 24.3 Å². The highest BCUT2D eigenvalue weighted by atomic mass is 79.9. The maximum absolute atomic E-state index is 11.8. The maximum Gasteiger partial charge on any atom is 0.217 e. The molecular weight excluding hydrogens is 298 g/mol. The molecule has 0 unspecified atom stereocenters. The molecule has 0 fully saturated rings. The summed E-state index contributed by atoms with van der Waals surface area (Å²) in [7, 11) is 0. The highest BCUT2D eigenvalue weighted by molar-refractivity contribution is 9.10. The van der Waals surface area contributed by atoms with Crippen molar-refractivity contribution in [3.63, 3.8) is 0 Å². The molecule has 0 aliphatic carbocycles. The second-order valence-electron chi connectivity index (χ2n) is 4.91. The van der Waals surface area contributed by atoms with Crippen LogP contribution in [-0.2, 0) is 11.2 Å². The fourth-order valence-electron chi connectivity index (χ4n) is 1.50. The number of carbonyl (C=O) groups excluding carboxylic acids is 1. The molecule has 5 heteroatoms. The van der Waals surface area contributed by atoms with Crippen LogP contribution in [-0.4, -0.2) is 16.2 Å². The molecule has 1 aromatic carbocycles. The van der Waals surface area contributed by atoms with E-state index in [1.165, 1.54) is 0 Å². The fraction of sp³-hybridized carbons (Fsp3) is 0.462. The predicted molar refractivity (Wildman–Crippen MR) is 73.2 cm³/mol. The van der Waals surface area contributed by atoms with Crippen molar-refractivity contribution in [2.45, 2.75) is 38.6 Å². The smallest absolute Gasteiger partial charge is 0.217 e. The number of nitrogens with zero attached hydrogens (tertiary/aromatic N) is 1. The van der Waals surface area contributed by atoms with Crippen LogP contribution < -0.4 is 0 Å². The van der Waals surface area contributed by atoms with Crippen molar-refractivity contribution in [3.8, 4) is 0 Å². The maximum atomic E-state index is 11.8. The molecule has 1 rings (SSSR count). The minimum atomic E-state index is -1.03. The molecule has 0 aliphatic heterocycles. The van der Waals surface area contributed by atoms with Crippen LogP contribution in [0.15, 0.2) is 28.7 Å². The van der Waals surface area contributed by atoms with E-state index in [0.29, 0.717) is 6.42 Å². The zero-order valence-corrected chi connectivity index (χ0v) is 12.1. The van der Waals surface area contributed by atoms with Gasteiger partial charge in [0.2, 0.25) is 5.54 Å². The normalized spacial score (nSPS) is 11.3. The highest BCUT2D eigenvalue weighted by Gasteiger charge is 2.30. The summed E-state index contributed by atoms with van der Waals surface area (Å²) in [5.41, 5.74) is -0.110. The van der Waals surface area contributed by atoms with Crippen LogP contribution in [0.3, 0.4) is 0 Å². The predicted octanol–water partition coefficient (Wildman–Crippen LogP) is 3.40.